The van der Waals surface area contributed by atoms with Crippen LogP contribution >= 0.6 is 0 Å². The Hall–Kier alpha value is -3.68. The fourth-order valence-electron chi connectivity index (χ4n) is 2.71. The van der Waals surface area contributed by atoms with Crippen LogP contribution in [-0.4, -0.2) is 35.7 Å². The molecule has 0 saturated carbocycles. The minimum Gasteiger partial charge on any atom is -0.345 e. The standard InChI is InChI=1S/C23H28N4O4/c1-16(22(30)26-18-10-5-3-6-11-18)24-20(28)14-9-15-21(29)25-17(2)23(31)27-19-12-7-4-8-13-19/h3-8,10-13,16-17H,9,14-15H2,1-2H3,(H,24,28)(H,25,29)(H,26,30)(H,27,31). The van der Waals surface area contributed by atoms with Gasteiger partial charge in [0.25, 0.3) is 0 Å². The summed E-state index contributed by atoms with van der Waals surface area (Å²) in [5.41, 5.74) is 1.30. The van der Waals surface area contributed by atoms with Gasteiger partial charge in [0.05, 0.1) is 0 Å². The average molecular weight is 425 g/mol. The summed E-state index contributed by atoms with van der Waals surface area (Å²) in [6.45, 7) is 3.19. The van der Waals surface area contributed by atoms with Crippen LogP contribution in [0.15, 0.2) is 60.7 Å². The van der Waals surface area contributed by atoms with Crippen molar-refractivity contribution < 1.29 is 19.2 Å². The van der Waals surface area contributed by atoms with Gasteiger partial charge in [0.2, 0.25) is 23.6 Å². The molecule has 0 spiro atoms. The highest BCUT2D eigenvalue weighted by atomic mass is 16.2. The van der Waals surface area contributed by atoms with Crippen molar-refractivity contribution >= 4 is 35.0 Å². The molecule has 2 aromatic carbocycles. The predicted molar refractivity (Wildman–Crippen MR) is 119 cm³/mol. The molecule has 2 aromatic rings. The third kappa shape index (κ3) is 8.69. The average Bonchev–Trinajstić information content (AvgIpc) is 2.75. The largest absolute Gasteiger partial charge is 0.345 e. The molecule has 0 saturated heterocycles. The van der Waals surface area contributed by atoms with Gasteiger partial charge in [-0.1, -0.05) is 36.4 Å². The highest BCUT2D eigenvalue weighted by Crippen LogP contribution is 2.07. The molecule has 2 atom stereocenters. The van der Waals surface area contributed by atoms with Gasteiger partial charge in [-0.3, -0.25) is 19.2 Å². The molecule has 8 nitrogen and oxygen atoms in total. The lowest BCUT2D eigenvalue weighted by atomic mass is 10.2. The third-order valence-corrected chi connectivity index (χ3v) is 4.43. The number of benzene rings is 2. The van der Waals surface area contributed by atoms with E-state index in [1.54, 1.807) is 62.4 Å². The first-order valence-corrected chi connectivity index (χ1v) is 10.2. The van der Waals surface area contributed by atoms with Crippen molar-refractivity contribution in [2.24, 2.45) is 0 Å². The number of carbonyl (C=O) groups is 4. The second kappa shape index (κ2) is 12.1. The molecule has 0 radical (unpaired) electrons. The fraction of sp³-hybridized carbons (Fsp3) is 0.304. The molecule has 2 rings (SSSR count). The number of hydrogen-bond donors (Lipinski definition) is 4. The summed E-state index contributed by atoms with van der Waals surface area (Å²) < 4.78 is 0. The second-order valence-corrected chi connectivity index (χ2v) is 7.14. The van der Waals surface area contributed by atoms with Gasteiger partial charge in [-0.05, 0) is 44.5 Å². The number of hydrogen-bond acceptors (Lipinski definition) is 4. The molecule has 8 heteroatoms. The van der Waals surface area contributed by atoms with Gasteiger partial charge < -0.3 is 21.3 Å². The number of nitrogens with one attached hydrogen (secondary N) is 4. The van der Waals surface area contributed by atoms with Gasteiger partial charge in [0.15, 0.2) is 0 Å². The van der Waals surface area contributed by atoms with E-state index in [1.807, 2.05) is 12.1 Å². The van der Waals surface area contributed by atoms with E-state index in [4.69, 9.17) is 0 Å². The van der Waals surface area contributed by atoms with Crippen LogP contribution in [0.25, 0.3) is 0 Å². The summed E-state index contributed by atoms with van der Waals surface area (Å²) >= 11 is 0. The Morgan fingerprint density at radius 2 is 1.00 bits per heavy atom. The maximum absolute atomic E-state index is 12.1. The molecule has 164 valence electrons. The fourth-order valence-corrected chi connectivity index (χ4v) is 2.71. The van der Waals surface area contributed by atoms with Crippen LogP contribution in [0.1, 0.15) is 33.1 Å². The van der Waals surface area contributed by atoms with E-state index in [0.29, 0.717) is 17.8 Å². The molecule has 0 aliphatic heterocycles. The molecule has 0 aliphatic carbocycles. The number of rotatable bonds is 10. The summed E-state index contributed by atoms with van der Waals surface area (Å²) in [6.07, 6.45) is 0.500. The van der Waals surface area contributed by atoms with Crippen molar-refractivity contribution in [1.82, 2.24) is 10.6 Å². The van der Waals surface area contributed by atoms with E-state index in [0.717, 1.165) is 0 Å². The topological polar surface area (TPSA) is 116 Å². The van der Waals surface area contributed by atoms with Gasteiger partial charge in [0, 0.05) is 24.2 Å². The predicted octanol–water partition coefficient (Wildman–Crippen LogP) is 2.44. The molecule has 0 aliphatic rings. The highest BCUT2D eigenvalue weighted by Gasteiger charge is 2.17. The summed E-state index contributed by atoms with van der Waals surface area (Å²) in [5, 5.41) is 10.7. The lowest BCUT2D eigenvalue weighted by molar-refractivity contribution is -0.127. The zero-order chi connectivity index (χ0) is 22.6. The van der Waals surface area contributed by atoms with Crippen molar-refractivity contribution in [1.29, 1.82) is 0 Å². The monoisotopic (exact) mass is 424 g/mol. The van der Waals surface area contributed by atoms with Crippen LogP contribution in [0, 0.1) is 0 Å². The molecule has 4 amide bonds. The van der Waals surface area contributed by atoms with Crippen LogP contribution in [0.2, 0.25) is 0 Å². The Balaban J connectivity index is 1.64. The van der Waals surface area contributed by atoms with E-state index in [9.17, 15) is 19.2 Å². The number of para-hydroxylation sites is 2. The van der Waals surface area contributed by atoms with Gasteiger partial charge in [0.1, 0.15) is 12.1 Å². The molecule has 0 bridgehead atoms. The molecule has 0 heterocycles. The summed E-state index contributed by atoms with van der Waals surface area (Å²) in [4.78, 5) is 48.3. The Labute approximate surface area is 181 Å². The first-order valence-electron chi connectivity index (χ1n) is 10.2. The van der Waals surface area contributed by atoms with Gasteiger partial charge in [-0.2, -0.15) is 0 Å². The van der Waals surface area contributed by atoms with Crippen LogP contribution < -0.4 is 21.3 Å². The van der Waals surface area contributed by atoms with Gasteiger partial charge >= 0.3 is 0 Å². The van der Waals surface area contributed by atoms with Crippen molar-refractivity contribution in [2.45, 2.75) is 45.2 Å². The molecular formula is C23H28N4O4. The van der Waals surface area contributed by atoms with Crippen molar-refractivity contribution in [3.05, 3.63) is 60.7 Å². The zero-order valence-corrected chi connectivity index (χ0v) is 17.7. The quantitative estimate of drug-likeness (QED) is 0.469. The van der Waals surface area contributed by atoms with E-state index in [2.05, 4.69) is 21.3 Å². The maximum atomic E-state index is 12.1. The molecule has 0 fully saturated rings. The van der Waals surface area contributed by atoms with Crippen LogP contribution in [0.4, 0.5) is 11.4 Å². The first-order chi connectivity index (χ1) is 14.8. The van der Waals surface area contributed by atoms with Crippen LogP contribution in [0.5, 0.6) is 0 Å². The van der Waals surface area contributed by atoms with E-state index < -0.39 is 12.1 Å². The van der Waals surface area contributed by atoms with E-state index in [1.165, 1.54) is 0 Å². The zero-order valence-electron chi connectivity index (χ0n) is 17.7. The molecule has 2 unspecified atom stereocenters. The smallest absolute Gasteiger partial charge is 0.246 e. The highest BCUT2D eigenvalue weighted by molar-refractivity contribution is 5.97. The summed E-state index contributed by atoms with van der Waals surface area (Å²) in [6, 6.07) is 16.5. The minimum atomic E-state index is -0.705. The van der Waals surface area contributed by atoms with Gasteiger partial charge in [-0.25, -0.2) is 0 Å². The Morgan fingerprint density at radius 3 is 1.35 bits per heavy atom. The molecule has 31 heavy (non-hydrogen) atoms. The molecule has 4 N–H and O–H groups in total. The van der Waals surface area contributed by atoms with Crippen LogP contribution in [-0.2, 0) is 19.2 Å². The van der Waals surface area contributed by atoms with Crippen molar-refractivity contribution in [3.63, 3.8) is 0 Å². The SMILES string of the molecule is CC(NC(=O)CCCC(=O)NC(C)C(=O)Nc1ccccc1)C(=O)Nc1ccccc1. The minimum absolute atomic E-state index is 0.0982. The lowest BCUT2D eigenvalue weighted by Gasteiger charge is -2.15. The second-order valence-electron chi connectivity index (χ2n) is 7.14. The van der Waals surface area contributed by atoms with E-state index in [-0.39, 0.29) is 36.5 Å². The molecule has 0 aromatic heterocycles. The number of amides is 4. The Kier molecular flexibility index (Phi) is 9.22. The molecular weight excluding hydrogens is 396 g/mol. The Morgan fingerprint density at radius 1 is 0.645 bits per heavy atom. The first kappa shape index (κ1) is 23.6. The maximum Gasteiger partial charge on any atom is 0.246 e. The number of anilines is 2. The summed E-state index contributed by atoms with van der Waals surface area (Å²) in [7, 11) is 0. The van der Waals surface area contributed by atoms with Crippen molar-refractivity contribution in [3.8, 4) is 0 Å². The van der Waals surface area contributed by atoms with E-state index >= 15 is 0 Å². The number of carbonyl (C=O) groups excluding carboxylic acids is 4. The van der Waals surface area contributed by atoms with Crippen molar-refractivity contribution in [2.75, 3.05) is 10.6 Å². The van der Waals surface area contributed by atoms with Crippen LogP contribution in [0.3, 0.4) is 0 Å². The third-order valence-electron chi connectivity index (χ3n) is 4.43. The Bertz CT molecular complexity index is 813. The van der Waals surface area contributed by atoms with Gasteiger partial charge in [-0.15, -0.1) is 0 Å². The normalized spacial score (nSPS) is 12.2. The summed E-state index contributed by atoms with van der Waals surface area (Å²) in [5.74, 6) is -1.29. The lowest BCUT2D eigenvalue weighted by Crippen LogP contribution is -2.42.